The second-order valence-electron chi connectivity index (χ2n) is 7.02. The normalized spacial score (nSPS) is 16.0. The smallest absolute Gasteiger partial charge is 0.408 e. The van der Waals surface area contributed by atoms with Crippen molar-refractivity contribution in [2.45, 2.75) is 25.9 Å². The van der Waals surface area contributed by atoms with Crippen LogP contribution in [0.1, 0.15) is 17.7 Å². The minimum atomic E-state index is -0.492. The van der Waals surface area contributed by atoms with Gasteiger partial charge in [-0.05, 0) is 55.4 Å². The van der Waals surface area contributed by atoms with Crippen molar-refractivity contribution in [2.24, 2.45) is 5.92 Å². The van der Waals surface area contributed by atoms with E-state index in [1.165, 1.54) is 9.44 Å². The highest BCUT2D eigenvalue weighted by atomic mass is 32.1. The van der Waals surface area contributed by atoms with Crippen LogP contribution >= 0.6 is 11.3 Å². The van der Waals surface area contributed by atoms with Crippen molar-refractivity contribution < 1.29 is 9.21 Å². The molecule has 1 aliphatic rings. The van der Waals surface area contributed by atoms with E-state index < -0.39 is 5.76 Å². The third kappa shape index (κ3) is 4.31. The van der Waals surface area contributed by atoms with Gasteiger partial charge in [-0.25, -0.2) is 4.79 Å². The number of carbonyl (C=O) groups excluding carboxylic acids is 1. The van der Waals surface area contributed by atoms with Gasteiger partial charge >= 0.3 is 5.76 Å². The number of thiophene rings is 1. The average molecular weight is 385 g/mol. The van der Waals surface area contributed by atoms with Gasteiger partial charge in [0.25, 0.3) is 0 Å². The molecule has 1 saturated heterocycles. The number of nitrogens with zero attached hydrogens (tertiary/aromatic N) is 2. The number of fused-ring (bicyclic) bond motifs is 1. The summed E-state index contributed by atoms with van der Waals surface area (Å²) in [7, 11) is 0. The van der Waals surface area contributed by atoms with E-state index in [9.17, 15) is 9.59 Å². The first kappa shape index (κ1) is 18.0. The molecule has 0 unspecified atom stereocenters. The quantitative estimate of drug-likeness (QED) is 0.708. The van der Waals surface area contributed by atoms with Crippen LogP contribution in [0.5, 0.6) is 0 Å². The number of oxazole rings is 1. The van der Waals surface area contributed by atoms with Gasteiger partial charge in [-0.3, -0.25) is 14.3 Å². The molecule has 3 heterocycles. The molecule has 0 spiro atoms. The Hall–Kier alpha value is -2.38. The second kappa shape index (κ2) is 8.10. The van der Waals surface area contributed by atoms with Crippen molar-refractivity contribution in [3.05, 3.63) is 57.2 Å². The molecule has 1 amide bonds. The van der Waals surface area contributed by atoms with Crippen molar-refractivity contribution in [1.29, 1.82) is 0 Å². The zero-order valence-corrected chi connectivity index (χ0v) is 15.9. The molecule has 1 aliphatic heterocycles. The molecule has 7 heteroatoms. The number of hydrogen-bond acceptors (Lipinski definition) is 5. The van der Waals surface area contributed by atoms with Gasteiger partial charge in [-0.2, -0.15) is 0 Å². The van der Waals surface area contributed by atoms with Crippen LogP contribution in [0.2, 0.25) is 0 Å². The van der Waals surface area contributed by atoms with Crippen LogP contribution in [0.25, 0.3) is 11.1 Å². The Balaban J connectivity index is 1.25. The largest absolute Gasteiger partial charge is 0.420 e. The molecule has 6 nitrogen and oxygen atoms in total. The van der Waals surface area contributed by atoms with E-state index in [0.29, 0.717) is 23.6 Å². The number of amides is 1. The molecule has 1 N–H and O–H groups in total. The summed E-state index contributed by atoms with van der Waals surface area (Å²) in [6.45, 7) is 3.80. The number of benzene rings is 1. The molecule has 3 aromatic rings. The highest BCUT2D eigenvalue weighted by Gasteiger charge is 2.20. The zero-order valence-electron chi connectivity index (χ0n) is 15.1. The Morgan fingerprint density at radius 2 is 2.00 bits per heavy atom. The van der Waals surface area contributed by atoms with Crippen molar-refractivity contribution in [3.8, 4) is 0 Å². The predicted octanol–water partition coefficient (Wildman–Crippen LogP) is 2.68. The van der Waals surface area contributed by atoms with Crippen LogP contribution in [0.15, 0.2) is 51.0 Å². The van der Waals surface area contributed by atoms with Crippen molar-refractivity contribution in [3.63, 3.8) is 0 Å². The number of aromatic nitrogens is 1. The van der Waals surface area contributed by atoms with Crippen LogP contribution in [-0.4, -0.2) is 35.0 Å². The number of nitrogens with one attached hydrogen (secondary N) is 1. The third-order valence-electron chi connectivity index (χ3n) is 5.13. The summed E-state index contributed by atoms with van der Waals surface area (Å²) in [5.74, 6) is -0.149. The van der Waals surface area contributed by atoms with Gasteiger partial charge in [-0.15, -0.1) is 11.3 Å². The first-order valence-corrected chi connectivity index (χ1v) is 10.2. The van der Waals surface area contributed by atoms with Crippen molar-refractivity contribution in [1.82, 2.24) is 14.8 Å². The maximum absolute atomic E-state index is 12.3. The van der Waals surface area contributed by atoms with Gasteiger partial charge in [-0.1, -0.05) is 18.2 Å². The number of likely N-dealkylation sites (tertiary alicyclic amines) is 1. The first-order valence-electron chi connectivity index (χ1n) is 9.29. The minimum Gasteiger partial charge on any atom is -0.408 e. The number of hydrogen-bond donors (Lipinski definition) is 1. The molecule has 1 fully saturated rings. The lowest BCUT2D eigenvalue weighted by molar-refractivity contribution is -0.121. The standard InChI is InChI=1S/C20H23N3O3S/c24-19(14-23-17-5-1-2-6-18(17)26-20(23)25)21-12-15-7-9-22(10-8-15)13-16-4-3-11-27-16/h1-6,11,15H,7-10,12-14H2,(H,21,24). The predicted molar refractivity (Wildman–Crippen MR) is 106 cm³/mol. The summed E-state index contributed by atoms with van der Waals surface area (Å²) in [6.07, 6.45) is 2.17. The first-order chi connectivity index (χ1) is 13.2. The van der Waals surface area contributed by atoms with Gasteiger partial charge in [0.05, 0.1) is 5.52 Å². The average Bonchev–Trinajstić information content (AvgIpc) is 3.29. The molecular formula is C20H23N3O3S. The van der Waals surface area contributed by atoms with E-state index in [0.717, 1.165) is 32.5 Å². The van der Waals surface area contributed by atoms with E-state index in [-0.39, 0.29) is 12.5 Å². The molecule has 0 saturated carbocycles. The highest BCUT2D eigenvalue weighted by molar-refractivity contribution is 7.09. The maximum Gasteiger partial charge on any atom is 0.420 e. The highest BCUT2D eigenvalue weighted by Crippen LogP contribution is 2.20. The summed E-state index contributed by atoms with van der Waals surface area (Å²) >= 11 is 1.80. The van der Waals surface area contributed by atoms with E-state index >= 15 is 0 Å². The number of rotatable bonds is 6. The molecule has 0 radical (unpaired) electrons. The van der Waals surface area contributed by atoms with E-state index in [2.05, 4.69) is 27.7 Å². The summed E-state index contributed by atoms with van der Waals surface area (Å²) in [6, 6.07) is 11.4. The van der Waals surface area contributed by atoms with Gasteiger partial charge in [0, 0.05) is 18.0 Å². The van der Waals surface area contributed by atoms with Gasteiger partial charge in [0.15, 0.2) is 5.58 Å². The van der Waals surface area contributed by atoms with E-state index in [1.807, 2.05) is 6.07 Å². The molecule has 0 atom stereocenters. The molecular weight excluding hydrogens is 362 g/mol. The minimum absolute atomic E-state index is 0.00688. The van der Waals surface area contributed by atoms with Crippen LogP contribution in [0.3, 0.4) is 0 Å². The molecule has 0 aliphatic carbocycles. The summed E-state index contributed by atoms with van der Waals surface area (Å²) < 4.78 is 6.56. The molecule has 142 valence electrons. The molecule has 4 rings (SSSR count). The van der Waals surface area contributed by atoms with Crippen molar-refractivity contribution in [2.75, 3.05) is 19.6 Å². The van der Waals surface area contributed by atoms with Crippen LogP contribution in [0.4, 0.5) is 0 Å². The van der Waals surface area contributed by atoms with Gasteiger partial charge < -0.3 is 9.73 Å². The fraction of sp³-hybridized carbons (Fsp3) is 0.400. The van der Waals surface area contributed by atoms with Crippen molar-refractivity contribution >= 4 is 28.3 Å². The summed E-state index contributed by atoms with van der Waals surface area (Å²) in [5, 5.41) is 5.10. The number of piperidine rings is 1. The van der Waals surface area contributed by atoms with Gasteiger partial charge in [0.1, 0.15) is 6.54 Å². The van der Waals surface area contributed by atoms with Crippen LogP contribution in [-0.2, 0) is 17.9 Å². The summed E-state index contributed by atoms with van der Waals surface area (Å²) in [5.41, 5.74) is 1.16. The third-order valence-corrected chi connectivity index (χ3v) is 5.99. The molecule has 27 heavy (non-hydrogen) atoms. The Labute approximate surface area is 161 Å². The Morgan fingerprint density at radius 1 is 1.19 bits per heavy atom. The lowest BCUT2D eigenvalue weighted by Crippen LogP contribution is -2.39. The Kier molecular flexibility index (Phi) is 5.40. The van der Waals surface area contributed by atoms with E-state index in [4.69, 9.17) is 4.42 Å². The molecule has 1 aromatic carbocycles. The molecule has 2 aromatic heterocycles. The fourth-order valence-electron chi connectivity index (χ4n) is 3.59. The number of carbonyl (C=O) groups is 1. The lowest BCUT2D eigenvalue weighted by atomic mass is 9.97. The van der Waals surface area contributed by atoms with Crippen LogP contribution < -0.4 is 11.1 Å². The summed E-state index contributed by atoms with van der Waals surface area (Å²) in [4.78, 5) is 28.1. The topological polar surface area (TPSA) is 67.5 Å². The fourth-order valence-corrected chi connectivity index (χ4v) is 4.34. The SMILES string of the molecule is O=C(Cn1c(=O)oc2ccccc21)NCC1CCN(Cc2cccs2)CC1. The van der Waals surface area contributed by atoms with Gasteiger partial charge in [0.2, 0.25) is 5.91 Å². The molecule has 0 bridgehead atoms. The maximum atomic E-state index is 12.3. The van der Waals surface area contributed by atoms with E-state index in [1.54, 1.807) is 29.5 Å². The zero-order chi connectivity index (χ0) is 18.6. The Morgan fingerprint density at radius 3 is 2.78 bits per heavy atom. The van der Waals surface area contributed by atoms with Crippen LogP contribution in [0, 0.1) is 5.92 Å². The second-order valence-corrected chi connectivity index (χ2v) is 8.06. The Bertz CT molecular complexity index is 952. The lowest BCUT2D eigenvalue weighted by Gasteiger charge is -2.31. The monoisotopic (exact) mass is 385 g/mol. The number of para-hydroxylation sites is 2.